The zero-order chi connectivity index (χ0) is 48.2. The molecule has 6 unspecified atom stereocenters. The van der Waals surface area contributed by atoms with E-state index in [2.05, 4.69) is 103 Å². The number of aliphatic hydroxyl groups excluding tert-OH is 3. The van der Waals surface area contributed by atoms with Crippen LogP contribution in [0.3, 0.4) is 0 Å². The SMILES string of the molecule is CC/C=C\C/C=C\C/C=C\C/C=C\C/C=C\CCCCCCCC(=O)OC(COCCCCCCCCCC/C=C\C/C=C\CCCCC)COC1OC(CO)C(O)C(OS(=O)(=O)O)C1O. The molecule has 66 heavy (non-hydrogen) atoms. The molecule has 1 aliphatic rings. The van der Waals surface area contributed by atoms with Gasteiger partial charge in [0.2, 0.25) is 0 Å². The average molecular weight is 951 g/mol. The predicted octanol–water partition coefficient (Wildman–Crippen LogP) is 11.6. The summed E-state index contributed by atoms with van der Waals surface area (Å²) in [4.78, 5) is 12.9. The molecule has 0 amide bonds. The van der Waals surface area contributed by atoms with Crippen molar-refractivity contribution in [3.63, 3.8) is 0 Å². The molecular weight excluding hydrogens is 861 g/mol. The van der Waals surface area contributed by atoms with E-state index < -0.39 is 59.8 Å². The number of esters is 1. The maximum atomic E-state index is 12.9. The molecule has 0 aromatic rings. The summed E-state index contributed by atoms with van der Waals surface area (Å²) in [5.41, 5.74) is 0. The number of ether oxygens (including phenoxy) is 4. The van der Waals surface area contributed by atoms with Crippen LogP contribution in [0.25, 0.3) is 0 Å². The maximum absolute atomic E-state index is 12.9. The topological polar surface area (TPSA) is 178 Å². The van der Waals surface area contributed by atoms with Gasteiger partial charge in [0.15, 0.2) is 6.29 Å². The van der Waals surface area contributed by atoms with E-state index in [4.69, 9.17) is 18.9 Å². The quantitative estimate of drug-likeness (QED) is 0.0197. The standard InChI is InChI=1S/C53H90O12S/c1-3-5-7-9-11-13-15-17-19-21-23-24-25-26-28-30-32-34-36-38-40-42-49(55)63-47(46-62-53-51(57)52(65-66(58,59)60)50(56)48(44-54)64-53)45-61-43-41-39-37-35-33-31-29-27-22-20-18-16-14-12-10-8-6-4-2/h5,7,11-14,17-20,23-24,26,28,47-48,50-54,56-57H,3-4,6,8-10,15-16,21-22,25,27,29-46H2,1-2H3,(H,58,59,60)/b7-5-,13-11-,14-12-,19-17-,20-18-,24-23-,28-26-. The summed E-state index contributed by atoms with van der Waals surface area (Å²) >= 11 is 0. The minimum atomic E-state index is -5.07. The van der Waals surface area contributed by atoms with Gasteiger partial charge in [-0.15, -0.1) is 0 Å². The van der Waals surface area contributed by atoms with Crippen LogP contribution in [0.1, 0.15) is 181 Å². The van der Waals surface area contributed by atoms with Crippen LogP contribution in [-0.2, 0) is 38.3 Å². The second-order valence-corrected chi connectivity index (χ2v) is 18.1. The third-order valence-corrected chi connectivity index (χ3v) is 11.5. The Bertz CT molecular complexity index is 1470. The molecule has 0 aromatic carbocycles. The second kappa shape index (κ2) is 43.6. The van der Waals surface area contributed by atoms with Crippen molar-refractivity contribution in [2.45, 2.75) is 218 Å². The monoisotopic (exact) mass is 951 g/mol. The smallest absolute Gasteiger partial charge is 0.397 e. The van der Waals surface area contributed by atoms with E-state index in [0.29, 0.717) is 13.0 Å². The molecule has 1 heterocycles. The zero-order valence-corrected chi connectivity index (χ0v) is 41.5. The summed E-state index contributed by atoms with van der Waals surface area (Å²) in [5.74, 6) is -0.423. The van der Waals surface area contributed by atoms with Gasteiger partial charge < -0.3 is 34.3 Å². The molecule has 0 aliphatic carbocycles. The maximum Gasteiger partial charge on any atom is 0.397 e. The Morgan fingerprint density at radius 1 is 0.591 bits per heavy atom. The minimum Gasteiger partial charge on any atom is -0.457 e. The predicted molar refractivity (Wildman–Crippen MR) is 266 cm³/mol. The summed E-state index contributed by atoms with van der Waals surface area (Å²) in [6, 6.07) is 0. The highest BCUT2D eigenvalue weighted by Crippen LogP contribution is 2.26. The molecule has 0 aromatic heterocycles. The molecule has 1 fully saturated rings. The normalized spacial score (nSPS) is 20.2. The molecule has 0 spiro atoms. The highest BCUT2D eigenvalue weighted by molar-refractivity contribution is 7.80. The first kappa shape index (κ1) is 61.3. The summed E-state index contributed by atoms with van der Waals surface area (Å²) in [6.45, 7) is 3.81. The number of allylic oxidation sites excluding steroid dienone is 14. The van der Waals surface area contributed by atoms with Crippen LogP contribution in [-0.4, -0.2) is 97.5 Å². The van der Waals surface area contributed by atoms with Crippen molar-refractivity contribution in [2.24, 2.45) is 0 Å². The van der Waals surface area contributed by atoms with Gasteiger partial charge in [-0.1, -0.05) is 170 Å². The van der Waals surface area contributed by atoms with Crippen molar-refractivity contribution in [3.05, 3.63) is 85.1 Å². The van der Waals surface area contributed by atoms with Crippen molar-refractivity contribution >= 4 is 16.4 Å². The van der Waals surface area contributed by atoms with Crippen LogP contribution < -0.4 is 0 Å². The molecule has 380 valence electrons. The first-order chi connectivity index (χ1) is 32.1. The summed E-state index contributed by atoms with van der Waals surface area (Å²) < 4.78 is 59.2. The van der Waals surface area contributed by atoms with Gasteiger partial charge in [-0.25, -0.2) is 4.18 Å². The molecular formula is C53H90O12S. The van der Waals surface area contributed by atoms with E-state index in [1.165, 1.54) is 57.8 Å². The van der Waals surface area contributed by atoms with Crippen molar-refractivity contribution in [1.29, 1.82) is 0 Å². The second-order valence-electron chi connectivity index (χ2n) is 17.0. The lowest BCUT2D eigenvalue weighted by Gasteiger charge is -2.41. The molecule has 6 atom stereocenters. The highest BCUT2D eigenvalue weighted by atomic mass is 32.3. The molecule has 12 nitrogen and oxygen atoms in total. The van der Waals surface area contributed by atoms with E-state index in [1.54, 1.807) is 0 Å². The molecule has 0 radical (unpaired) electrons. The van der Waals surface area contributed by atoms with Crippen LogP contribution in [0, 0.1) is 0 Å². The summed E-state index contributed by atoms with van der Waals surface area (Å²) in [7, 11) is -5.07. The number of carbonyl (C=O) groups is 1. The van der Waals surface area contributed by atoms with Crippen molar-refractivity contribution in [3.8, 4) is 0 Å². The molecule has 0 bridgehead atoms. The van der Waals surface area contributed by atoms with Crippen LogP contribution in [0.2, 0.25) is 0 Å². The van der Waals surface area contributed by atoms with Gasteiger partial charge in [0.05, 0.1) is 19.8 Å². The third-order valence-electron chi connectivity index (χ3n) is 11.0. The van der Waals surface area contributed by atoms with Crippen LogP contribution >= 0.6 is 0 Å². The fourth-order valence-corrected chi connectivity index (χ4v) is 7.71. The number of carbonyl (C=O) groups excluding carboxylic acids is 1. The van der Waals surface area contributed by atoms with Gasteiger partial charge in [-0.2, -0.15) is 8.42 Å². The number of hydrogen-bond donors (Lipinski definition) is 4. The summed E-state index contributed by atoms with van der Waals surface area (Å²) in [6.07, 6.45) is 48.9. The molecule has 1 aliphatic heterocycles. The zero-order valence-electron chi connectivity index (χ0n) is 40.7. The Morgan fingerprint density at radius 3 is 1.53 bits per heavy atom. The fourth-order valence-electron chi connectivity index (χ4n) is 7.20. The van der Waals surface area contributed by atoms with Crippen molar-refractivity contribution < 1.29 is 56.2 Å². The Balaban J connectivity index is 2.40. The Kier molecular flexibility index (Phi) is 40.4. The van der Waals surface area contributed by atoms with E-state index in [-0.39, 0.29) is 19.6 Å². The van der Waals surface area contributed by atoms with Crippen LogP contribution in [0.5, 0.6) is 0 Å². The average Bonchev–Trinajstić information content (AvgIpc) is 3.29. The number of aliphatic hydroxyl groups is 3. The lowest BCUT2D eigenvalue weighted by atomic mass is 9.99. The first-order valence-electron chi connectivity index (χ1n) is 25.3. The molecule has 13 heteroatoms. The van der Waals surface area contributed by atoms with Gasteiger partial charge >= 0.3 is 16.4 Å². The van der Waals surface area contributed by atoms with Crippen molar-refractivity contribution in [1.82, 2.24) is 0 Å². The number of unbranched alkanes of at least 4 members (excludes halogenated alkanes) is 16. The lowest BCUT2D eigenvalue weighted by molar-refractivity contribution is -0.301. The van der Waals surface area contributed by atoms with Gasteiger partial charge in [-0.05, 0) is 89.9 Å². The van der Waals surface area contributed by atoms with E-state index in [9.17, 15) is 33.1 Å². The molecule has 1 saturated heterocycles. The molecule has 4 N–H and O–H groups in total. The van der Waals surface area contributed by atoms with Gasteiger partial charge in [0.25, 0.3) is 0 Å². The largest absolute Gasteiger partial charge is 0.457 e. The third kappa shape index (κ3) is 36.3. The first-order valence-corrected chi connectivity index (χ1v) is 26.7. The molecule has 0 saturated carbocycles. The highest BCUT2D eigenvalue weighted by Gasteiger charge is 2.48. The number of rotatable bonds is 43. The van der Waals surface area contributed by atoms with Crippen LogP contribution in [0.15, 0.2) is 85.1 Å². The van der Waals surface area contributed by atoms with Crippen molar-refractivity contribution in [2.75, 3.05) is 26.4 Å². The molecule has 1 rings (SSSR count). The van der Waals surface area contributed by atoms with Gasteiger partial charge in [-0.3, -0.25) is 9.35 Å². The van der Waals surface area contributed by atoms with Gasteiger partial charge in [0.1, 0.15) is 30.5 Å². The lowest BCUT2D eigenvalue weighted by Crippen LogP contribution is -2.60. The van der Waals surface area contributed by atoms with E-state index >= 15 is 0 Å². The Labute approximate surface area is 400 Å². The van der Waals surface area contributed by atoms with E-state index in [0.717, 1.165) is 96.3 Å². The van der Waals surface area contributed by atoms with E-state index in [1.807, 2.05) is 0 Å². The number of hydrogen-bond acceptors (Lipinski definition) is 11. The van der Waals surface area contributed by atoms with Crippen LogP contribution in [0.4, 0.5) is 0 Å². The minimum absolute atomic E-state index is 0.0189. The Hall–Kier alpha value is -2.72. The summed E-state index contributed by atoms with van der Waals surface area (Å²) in [5, 5.41) is 30.8. The fraction of sp³-hybridized carbons (Fsp3) is 0.717. The Morgan fingerprint density at radius 2 is 1.05 bits per heavy atom. The van der Waals surface area contributed by atoms with Gasteiger partial charge in [0, 0.05) is 13.0 Å².